The van der Waals surface area contributed by atoms with Crippen molar-refractivity contribution >= 4 is 34.7 Å². The van der Waals surface area contributed by atoms with E-state index in [-0.39, 0.29) is 0 Å². The number of thiazole rings is 1. The third-order valence-corrected chi connectivity index (χ3v) is 5.94. The SMILES string of the molecule is CNC(C)c1sc(CSc2ccccc2Cl)nc1C. The summed E-state index contributed by atoms with van der Waals surface area (Å²) in [5, 5.41) is 5.22. The zero-order chi connectivity index (χ0) is 13.8. The zero-order valence-electron chi connectivity index (χ0n) is 11.2. The Kier molecular flexibility index (Phi) is 5.28. The minimum atomic E-state index is 0.358. The van der Waals surface area contributed by atoms with Crippen LogP contribution in [-0.4, -0.2) is 12.0 Å². The molecule has 1 aromatic heterocycles. The molecule has 1 N–H and O–H groups in total. The molecular formula is C14H17ClN2S2. The minimum Gasteiger partial charge on any atom is -0.312 e. The molecule has 0 amide bonds. The van der Waals surface area contributed by atoms with Crippen molar-refractivity contribution in [3.8, 4) is 0 Å². The Bertz CT molecular complexity index is 554. The van der Waals surface area contributed by atoms with E-state index in [2.05, 4.69) is 24.1 Å². The second kappa shape index (κ2) is 6.75. The highest BCUT2D eigenvalue weighted by Crippen LogP contribution is 2.32. The molecule has 0 bridgehead atoms. The van der Waals surface area contributed by atoms with Crippen molar-refractivity contribution in [2.24, 2.45) is 0 Å². The number of benzene rings is 1. The monoisotopic (exact) mass is 312 g/mol. The van der Waals surface area contributed by atoms with Crippen molar-refractivity contribution in [1.82, 2.24) is 10.3 Å². The summed E-state index contributed by atoms with van der Waals surface area (Å²) >= 11 is 9.67. The largest absolute Gasteiger partial charge is 0.312 e. The number of rotatable bonds is 5. The molecule has 0 saturated heterocycles. The van der Waals surface area contributed by atoms with Crippen LogP contribution in [0.25, 0.3) is 0 Å². The average Bonchev–Trinajstić information content (AvgIpc) is 2.78. The van der Waals surface area contributed by atoms with Crippen molar-refractivity contribution < 1.29 is 0 Å². The summed E-state index contributed by atoms with van der Waals surface area (Å²) in [6.45, 7) is 4.23. The van der Waals surface area contributed by atoms with Gasteiger partial charge in [0, 0.05) is 15.8 Å². The van der Waals surface area contributed by atoms with Gasteiger partial charge in [-0.25, -0.2) is 4.98 Å². The summed E-state index contributed by atoms with van der Waals surface area (Å²) in [4.78, 5) is 7.07. The fraction of sp³-hybridized carbons (Fsp3) is 0.357. The van der Waals surface area contributed by atoms with Gasteiger partial charge >= 0.3 is 0 Å². The van der Waals surface area contributed by atoms with E-state index >= 15 is 0 Å². The molecule has 0 saturated carbocycles. The summed E-state index contributed by atoms with van der Waals surface area (Å²) in [5.41, 5.74) is 1.13. The third-order valence-electron chi connectivity index (χ3n) is 2.89. The van der Waals surface area contributed by atoms with E-state index in [1.165, 1.54) is 4.88 Å². The van der Waals surface area contributed by atoms with Crippen LogP contribution in [0.1, 0.15) is 28.5 Å². The summed E-state index contributed by atoms with van der Waals surface area (Å²) in [5.74, 6) is 0.867. The Morgan fingerprint density at radius 1 is 1.42 bits per heavy atom. The molecule has 0 aliphatic carbocycles. The molecule has 0 aliphatic rings. The Labute approximate surface area is 127 Å². The molecule has 2 rings (SSSR count). The summed E-state index contributed by atoms with van der Waals surface area (Å²) in [6, 6.07) is 8.29. The highest BCUT2D eigenvalue weighted by atomic mass is 35.5. The van der Waals surface area contributed by atoms with Crippen LogP contribution in [0.2, 0.25) is 5.02 Å². The second-order valence-electron chi connectivity index (χ2n) is 4.29. The molecule has 2 nitrogen and oxygen atoms in total. The highest BCUT2D eigenvalue weighted by molar-refractivity contribution is 7.98. The number of aromatic nitrogens is 1. The first-order chi connectivity index (χ1) is 9.11. The maximum absolute atomic E-state index is 6.15. The molecule has 0 spiro atoms. The predicted octanol–water partition coefficient (Wildman–Crippen LogP) is 4.68. The molecule has 1 atom stereocenters. The summed E-state index contributed by atoms with van der Waals surface area (Å²) in [7, 11) is 1.97. The topological polar surface area (TPSA) is 24.9 Å². The first kappa shape index (κ1) is 14.9. The summed E-state index contributed by atoms with van der Waals surface area (Å²) in [6.07, 6.45) is 0. The first-order valence-corrected chi connectivity index (χ1v) is 8.30. The van der Waals surface area contributed by atoms with Crippen LogP contribution >= 0.6 is 34.7 Å². The molecule has 102 valence electrons. The van der Waals surface area contributed by atoms with Gasteiger partial charge in [0.05, 0.1) is 16.5 Å². The van der Waals surface area contributed by atoms with Crippen LogP contribution in [0.3, 0.4) is 0 Å². The maximum atomic E-state index is 6.15. The normalized spacial score (nSPS) is 12.6. The van der Waals surface area contributed by atoms with Gasteiger partial charge in [0.1, 0.15) is 5.01 Å². The standard InChI is InChI=1S/C14H17ClN2S2/c1-9(16-3)14-10(2)17-13(19-14)8-18-12-7-5-4-6-11(12)15/h4-7,9,16H,8H2,1-3H3. The van der Waals surface area contributed by atoms with Gasteiger partial charge in [0.15, 0.2) is 0 Å². The van der Waals surface area contributed by atoms with Gasteiger partial charge in [-0.05, 0) is 33.0 Å². The molecule has 1 aromatic carbocycles. The van der Waals surface area contributed by atoms with E-state index in [0.29, 0.717) is 6.04 Å². The Hall–Kier alpha value is -0.550. The van der Waals surface area contributed by atoms with E-state index in [1.54, 1.807) is 23.1 Å². The third kappa shape index (κ3) is 3.72. The van der Waals surface area contributed by atoms with E-state index in [9.17, 15) is 0 Å². The van der Waals surface area contributed by atoms with Crippen LogP contribution in [0.5, 0.6) is 0 Å². The van der Waals surface area contributed by atoms with Gasteiger partial charge in [0.25, 0.3) is 0 Å². The molecule has 0 fully saturated rings. The molecule has 0 aliphatic heterocycles. The minimum absolute atomic E-state index is 0.358. The Balaban J connectivity index is 2.06. The van der Waals surface area contributed by atoms with Crippen molar-refractivity contribution in [2.45, 2.75) is 30.5 Å². The van der Waals surface area contributed by atoms with E-state index in [0.717, 1.165) is 26.4 Å². The van der Waals surface area contributed by atoms with E-state index in [1.807, 2.05) is 31.3 Å². The molecule has 1 heterocycles. The molecular weight excluding hydrogens is 296 g/mol. The fourth-order valence-corrected chi connectivity index (χ4v) is 4.12. The fourth-order valence-electron chi connectivity index (χ4n) is 1.76. The van der Waals surface area contributed by atoms with Crippen molar-refractivity contribution in [3.63, 3.8) is 0 Å². The van der Waals surface area contributed by atoms with Gasteiger partial charge in [0.2, 0.25) is 0 Å². The molecule has 1 unspecified atom stereocenters. The quantitative estimate of drug-likeness (QED) is 0.812. The van der Waals surface area contributed by atoms with Crippen molar-refractivity contribution in [3.05, 3.63) is 44.9 Å². The van der Waals surface area contributed by atoms with Crippen LogP contribution < -0.4 is 5.32 Å². The zero-order valence-corrected chi connectivity index (χ0v) is 13.6. The first-order valence-electron chi connectivity index (χ1n) is 6.12. The number of hydrogen-bond donors (Lipinski definition) is 1. The lowest BCUT2D eigenvalue weighted by Crippen LogP contribution is -2.11. The van der Waals surface area contributed by atoms with Gasteiger partial charge in [-0.3, -0.25) is 0 Å². The van der Waals surface area contributed by atoms with Crippen LogP contribution in [0.4, 0.5) is 0 Å². The lowest BCUT2D eigenvalue weighted by atomic mass is 10.2. The van der Waals surface area contributed by atoms with Crippen LogP contribution in [0, 0.1) is 6.92 Å². The van der Waals surface area contributed by atoms with Gasteiger partial charge in [-0.1, -0.05) is 23.7 Å². The predicted molar refractivity (Wildman–Crippen MR) is 85.3 cm³/mol. The Morgan fingerprint density at radius 2 is 2.16 bits per heavy atom. The maximum Gasteiger partial charge on any atom is 0.103 e. The number of nitrogens with one attached hydrogen (secondary N) is 1. The van der Waals surface area contributed by atoms with E-state index < -0.39 is 0 Å². The van der Waals surface area contributed by atoms with E-state index in [4.69, 9.17) is 11.6 Å². The van der Waals surface area contributed by atoms with Crippen LogP contribution in [0.15, 0.2) is 29.2 Å². The Morgan fingerprint density at radius 3 is 2.84 bits per heavy atom. The van der Waals surface area contributed by atoms with Crippen molar-refractivity contribution in [2.75, 3.05) is 7.05 Å². The highest BCUT2D eigenvalue weighted by Gasteiger charge is 2.13. The molecule has 5 heteroatoms. The number of nitrogens with zero attached hydrogens (tertiary/aromatic N) is 1. The van der Waals surface area contributed by atoms with Gasteiger partial charge in [-0.15, -0.1) is 23.1 Å². The van der Waals surface area contributed by atoms with Crippen molar-refractivity contribution in [1.29, 1.82) is 0 Å². The lowest BCUT2D eigenvalue weighted by molar-refractivity contribution is 0.658. The number of thioether (sulfide) groups is 1. The van der Waals surface area contributed by atoms with Gasteiger partial charge < -0.3 is 5.32 Å². The summed E-state index contributed by atoms with van der Waals surface area (Å²) < 4.78 is 0. The number of hydrogen-bond acceptors (Lipinski definition) is 4. The molecule has 19 heavy (non-hydrogen) atoms. The lowest BCUT2D eigenvalue weighted by Gasteiger charge is -2.07. The number of aryl methyl sites for hydroxylation is 1. The van der Waals surface area contributed by atoms with Gasteiger partial charge in [-0.2, -0.15) is 0 Å². The smallest absolute Gasteiger partial charge is 0.103 e. The van der Waals surface area contributed by atoms with Crippen LogP contribution in [-0.2, 0) is 5.75 Å². The molecule has 2 aromatic rings. The second-order valence-corrected chi connectivity index (χ2v) is 6.83. The molecule has 0 radical (unpaired) electrons. The average molecular weight is 313 g/mol. The number of halogens is 1.